The number of aryl methyl sites for hydroxylation is 1. The fourth-order valence-corrected chi connectivity index (χ4v) is 6.00. The summed E-state index contributed by atoms with van der Waals surface area (Å²) in [5.74, 6) is 0.399. The molecule has 232 valence electrons. The molecule has 0 aliphatic rings. The lowest BCUT2D eigenvalue weighted by molar-refractivity contribution is -0.140. The molecule has 0 heterocycles. The molecule has 0 saturated heterocycles. The van der Waals surface area contributed by atoms with Crippen molar-refractivity contribution in [1.29, 1.82) is 0 Å². The molecule has 0 aromatic heterocycles. The van der Waals surface area contributed by atoms with Crippen LogP contribution in [0.25, 0.3) is 0 Å². The van der Waals surface area contributed by atoms with E-state index in [0.29, 0.717) is 23.6 Å². The lowest BCUT2D eigenvalue weighted by Gasteiger charge is -2.33. The smallest absolute Gasteiger partial charge is 0.264 e. The summed E-state index contributed by atoms with van der Waals surface area (Å²) in [6.07, 6.45) is 0.327. The Balaban J connectivity index is 2.09. The number of ether oxygens (including phenoxy) is 3. The molecule has 2 amide bonds. The van der Waals surface area contributed by atoms with Gasteiger partial charge in [-0.3, -0.25) is 13.9 Å². The van der Waals surface area contributed by atoms with Crippen LogP contribution in [-0.2, 0) is 26.2 Å². The van der Waals surface area contributed by atoms with Crippen LogP contribution in [0.2, 0.25) is 0 Å². The first-order valence-electron chi connectivity index (χ1n) is 14.0. The van der Waals surface area contributed by atoms with Gasteiger partial charge in [-0.2, -0.15) is 0 Å². The highest BCUT2D eigenvalue weighted by Crippen LogP contribution is 2.32. The van der Waals surface area contributed by atoms with E-state index in [4.69, 9.17) is 14.2 Å². The molecule has 11 heteroatoms. The zero-order chi connectivity index (χ0) is 31.7. The van der Waals surface area contributed by atoms with Gasteiger partial charge in [-0.1, -0.05) is 36.8 Å². The second kappa shape index (κ2) is 14.8. The number of methoxy groups -OCH3 is 3. The van der Waals surface area contributed by atoms with Gasteiger partial charge in [-0.25, -0.2) is 8.42 Å². The predicted octanol–water partition coefficient (Wildman–Crippen LogP) is 4.55. The fraction of sp³-hybridized carbons (Fsp3) is 0.375. The summed E-state index contributed by atoms with van der Waals surface area (Å²) in [7, 11) is 0.164. The third-order valence-electron chi connectivity index (χ3n) is 6.87. The highest BCUT2D eigenvalue weighted by molar-refractivity contribution is 7.92. The molecule has 0 aliphatic carbocycles. The summed E-state index contributed by atoms with van der Waals surface area (Å²) >= 11 is 0. The van der Waals surface area contributed by atoms with Gasteiger partial charge in [0.15, 0.2) is 11.5 Å². The number of carbonyl (C=O) groups excluding carboxylic acids is 2. The van der Waals surface area contributed by atoms with Crippen molar-refractivity contribution in [2.75, 3.05) is 32.2 Å². The molecule has 10 nitrogen and oxygen atoms in total. The van der Waals surface area contributed by atoms with E-state index in [1.54, 1.807) is 43.5 Å². The Morgan fingerprint density at radius 1 is 0.860 bits per heavy atom. The predicted molar refractivity (Wildman–Crippen MR) is 166 cm³/mol. The van der Waals surface area contributed by atoms with Gasteiger partial charge < -0.3 is 24.4 Å². The lowest BCUT2D eigenvalue weighted by Crippen LogP contribution is -2.53. The molecule has 0 saturated carbocycles. The summed E-state index contributed by atoms with van der Waals surface area (Å²) in [5.41, 5.74) is 1.99. The van der Waals surface area contributed by atoms with Crippen molar-refractivity contribution in [3.05, 3.63) is 77.9 Å². The van der Waals surface area contributed by atoms with Crippen LogP contribution >= 0.6 is 0 Å². The first-order chi connectivity index (χ1) is 20.4. The molecule has 0 fully saturated rings. The molecule has 3 rings (SSSR count). The summed E-state index contributed by atoms with van der Waals surface area (Å²) in [5, 5.41) is 2.89. The molecule has 0 radical (unpaired) electrons. The third kappa shape index (κ3) is 8.19. The largest absolute Gasteiger partial charge is 0.497 e. The Bertz CT molecular complexity index is 1490. The van der Waals surface area contributed by atoms with Crippen LogP contribution in [-0.4, -0.2) is 65.1 Å². The van der Waals surface area contributed by atoms with E-state index >= 15 is 0 Å². The van der Waals surface area contributed by atoms with Crippen LogP contribution in [0, 0.1) is 6.92 Å². The average molecular weight is 612 g/mol. The van der Waals surface area contributed by atoms with Crippen molar-refractivity contribution < 1.29 is 32.2 Å². The average Bonchev–Trinajstić information content (AvgIpc) is 2.99. The number of carbonyl (C=O) groups is 2. The number of anilines is 1. The van der Waals surface area contributed by atoms with Gasteiger partial charge >= 0.3 is 0 Å². The highest BCUT2D eigenvalue weighted by Gasteiger charge is 2.34. The highest BCUT2D eigenvalue weighted by atomic mass is 32.2. The zero-order valence-electron chi connectivity index (χ0n) is 25.8. The molecular weight excluding hydrogens is 570 g/mol. The summed E-state index contributed by atoms with van der Waals surface area (Å²) in [6.45, 7) is 6.94. The second-order valence-electron chi connectivity index (χ2n) is 10.3. The first kappa shape index (κ1) is 33.3. The van der Waals surface area contributed by atoms with Crippen LogP contribution in [0.5, 0.6) is 17.2 Å². The van der Waals surface area contributed by atoms with Gasteiger partial charge in [0.1, 0.15) is 18.3 Å². The van der Waals surface area contributed by atoms with E-state index in [1.165, 1.54) is 37.3 Å². The Morgan fingerprint density at radius 2 is 1.49 bits per heavy atom. The molecule has 3 aromatic rings. The molecular formula is C32H41N3O7S. The minimum Gasteiger partial charge on any atom is -0.497 e. The maximum Gasteiger partial charge on any atom is 0.264 e. The number of nitrogens with one attached hydrogen (secondary N) is 1. The molecule has 43 heavy (non-hydrogen) atoms. The van der Waals surface area contributed by atoms with Crippen molar-refractivity contribution in [1.82, 2.24) is 10.2 Å². The fourth-order valence-electron chi connectivity index (χ4n) is 4.57. The topological polar surface area (TPSA) is 114 Å². The summed E-state index contributed by atoms with van der Waals surface area (Å²) in [6, 6.07) is 17.3. The van der Waals surface area contributed by atoms with Crippen molar-refractivity contribution in [3.8, 4) is 17.2 Å². The normalized spacial score (nSPS) is 11.9. The molecule has 1 N–H and O–H groups in total. The number of sulfonamides is 1. The number of rotatable bonds is 14. The van der Waals surface area contributed by atoms with Crippen LogP contribution < -0.4 is 23.8 Å². The minimum atomic E-state index is -4.27. The van der Waals surface area contributed by atoms with E-state index in [0.717, 1.165) is 15.4 Å². The lowest BCUT2D eigenvalue weighted by atomic mass is 10.1. The Labute approximate surface area is 254 Å². The van der Waals surface area contributed by atoms with Crippen molar-refractivity contribution in [2.24, 2.45) is 0 Å². The van der Waals surface area contributed by atoms with E-state index in [2.05, 4.69) is 5.32 Å². The summed E-state index contributed by atoms with van der Waals surface area (Å²) < 4.78 is 45.3. The minimum absolute atomic E-state index is 0.0789. The number of hydrogen-bond donors (Lipinski definition) is 1. The maximum atomic E-state index is 14.2. The molecule has 0 bridgehead atoms. The van der Waals surface area contributed by atoms with E-state index in [-0.39, 0.29) is 29.1 Å². The monoisotopic (exact) mass is 611 g/mol. The zero-order valence-corrected chi connectivity index (χ0v) is 26.6. The van der Waals surface area contributed by atoms with E-state index < -0.39 is 28.5 Å². The first-order valence-corrected chi connectivity index (χ1v) is 15.4. The Morgan fingerprint density at radius 3 is 2.02 bits per heavy atom. The molecule has 1 atom stereocenters. The Hall–Kier alpha value is -4.25. The van der Waals surface area contributed by atoms with Gasteiger partial charge in [0.2, 0.25) is 11.8 Å². The number of benzene rings is 3. The van der Waals surface area contributed by atoms with Crippen LogP contribution in [0.1, 0.15) is 38.3 Å². The van der Waals surface area contributed by atoms with Crippen molar-refractivity contribution >= 4 is 27.5 Å². The number of amides is 2. The molecule has 3 aromatic carbocycles. The molecule has 0 aliphatic heterocycles. The molecule has 0 spiro atoms. The van der Waals surface area contributed by atoms with E-state index in [9.17, 15) is 18.0 Å². The number of hydrogen-bond acceptors (Lipinski definition) is 7. The SMILES string of the molecule is CC[C@H](C(=O)NC(C)C)N(Cc1ccc(OC)cc1)C(=O)CN(c1ccc(C)cc1)S(=O)(=O)c1ccc(OC)c(OC)c1. The quantitative estimate of drug-likeness (QED) is 0.285. The van der Waals surface area contributed by atoms with Gasteiger partial charge in [0.25, 0.3) is 10.0 Å². The van der Waals surface area contributed by atoms with Gasteiger partial charge in [0.05, 0.1) is 31.9 Å². The Kier molecular flexibility index (Phi) is 11.4. The van der Waals surface area contributed by atoms with E-state index in [1.807, 2.05) is 39.8 Å². The van der Waals surface area contributed by atoms with Crippen LogP contribution in [0.3, 0.4) is 0 Å². The van der Waals surface area contributed by atoms with Crippen LogP contribution in [0.15, 0.2) is 71.6 Å². The third-order valence-corrected chi connectivity index (χ3v) is 8.64. The molecule has 0 unspecified atom stereocenters. The summed E-state index contributed by atoms with van der Waals surface area (Å²) in [4.78, 5) is 28.8. The van der Waals surface area contributed by atoms with Crippen LogP contribution in [0.4, 0.5) is 5.69 Å². The number of nitrogens with zero attached hydrogens (tertiary/aromatic N) is 2. The van der Waals surface area contributed by atoms with Gasteiger partial charge in [0, 0.05) is 18.7 Å². The second-order valence-corrected chi connectivity index (χ2v) is 12.2. The van der Waals surface area contributed by atoms with Crippen molar-refractivity contribution in [2.45, 2.75) is 57.6 Å². The van der Waals surface area contributed by atoms with Crippen molar-refractivity contribution in [3.63, 3.8) is 0 Å². The van der Waals surface area contributed by atoms with Gasteiger partial charge in [-0.05, 0) is 69.2 Å². The van der Waals surface area contributed by atoms with Gasteiger partial charge in [-0.15, -0.1) is 0 Å². The maximum absolute atomic E-state index is 14.2. The standard InChI is InChI=1S/C32H41N3O7S/c1-8-28(32(37)33-22(2)3)34(20-24-11-15-26(40-5)16-12-24)31(36)21-35(25-13-9-23(4)10-14-25)43(38,39)27-17-18-29(41-6)30(19-27)42-7/h9-19,22,28H,8,20-21H2,1-7H3,(H,33,37)/t28-/m1/s1.